The number of amides is 6. The number of fused-ring (bicyclic) bond motifs is 3. The number of benzene rings is 2. The number of rotatable bonds is 50. The maximum atomic E-state index is 13.7. The second-order valence-electron chi connectivity index (χ2n) is 32.4. The van der Waals surface area contributed by atoms with Gasteiger partial charge in [-0.3, -0.25) is 67.7 Å². The number of likely N-dealkylation sites (tertiary alicyclic amines) is 2. The van der Waals surface area contributed by atoms with Crippen LogP contribution < -0.4 is 33.6 Å². The fourth-order valence-corrected chi connectivity index (χ4v) is 20.5. The lowest BCUT2D eigenvalue weighted by Gasteiger charge is -2.37. The molecule has 6 amide bonds. The predicted molar refractivity (Wildman–Crippen MR) is 478 cm³/mol. The minimum Gasteiger partial charge on any atom is -0.463 e. The number of nitrogens with one attached hydrogen (secondary N) is 2. The first-order valence-electron chi connectivity index (χ1n) is 41.9. The third-order valence-electron chi connectivity index (χ3n) is 21.5. The van der Waals surface area contributed by atoms with E-state index in [4.69, 9.17) is 94.7 Å². The maximum Gasteiger partial charge on any atom is 0.307 e. The fraction of sp³-hybridized carbons (Fsp3) is 0.667. The molecule has 18 unspecified atom stereocenters. The van der Waals surface area contributed by atoms with Crippen molar-refractivity contribution in [1.82, 2.24) is 20.4 Å². The Morgan fingerprint density at radius 1 is 0.563 bits per heavy atom. The molecule has 14 N–H and O–H groups in total. The molecule has 6 heterocycles. The number of nitriles is 2. The van der Waals surface area contributed by atoms with Gasteiger partial charge in [0.2, 0.25) is 35.4 Å². The van der Waals surface area contributed by atoms with Crippen molar-refractivity contribution < 1.29 is 116 Å². The molecule has 0 saturated carbocycles. The first kappa shape index (κ1) is 106. The highest BCUT2D eigenvalue weighted by molar-refractivity contribution is 8.24. The fourth-order valence-electron chi connectivity index (χ4n) is 14.9. The van der Waals surface area contributed by atoms with Gasteiger partial charge in [0.15, 0.2) is 36.1 Å². The lowest BCUT2D eigenvalue weighted by Crippen LogP contribution is -2.58. The van der Waals surface area contributed by atoms with E-state index in [9.17, 15) is 78.9 Å². The van der Waals surface area contributed by atoms with E-state index in [2.05, 4.69) is 32.8 Å². The monoisotopic (exact) mass is 1870 g/mol. The number of ketones is 2. The molecule has 696 valence electrons. The molecule has 0 bridgehead atoms. The molecular formula is C84H120N12O24S6. The first-order valence-corrected chi connectivity index (χ1v) is 46.6. The lowest BCUT2D eigenvalue weighted by molar-refractivity contribution is -0.287. The lowest BCUT2D eigenvalue weighted by atomic mass is 9.72. The number of Topliss-reactive ketones (excluding diaryl/α,β-unsaturated/α-hetero) is 2. The number of aliphatic hydroxyl groups is 4. The van der Waals surface area contributed by atoms with Crippen molar-refractivity contribution in [2.45, 2.75) is 239 Å². The van der Waals surface area contributed by atoms with E-state index in [1.807, 2.05) is 74.5 Å². The second kappa shape index (κ2) is 51.2. The zero-order valence-corrected chi connectivity index (χ0v) is 77.1. The van der Waals surface area contributed by atoms with Gasteiger partial charge in [-0.2, -0.15) is 10.5 Å². The highest BCUT2D eigenvalue weighted by Gasteiger charge is 2.61. The average molecular weight is 1870 g/mol. The van der Waals surface area contributed by atoms with E-state index in [0.717, 1.165) is 20.9 Å². The van der Waals surface area contributed by atoms with Crippen LogP contribution in [-0.4, -0.2) is 294 Å². The number of hydrogen-bond donors (Lipinski definition) is 10. The Morgan fingerprint density at radius 2 is 0.976 bits per heavy atom. The molecule has 2 aromatic carbocycles. The molecule has 0 spiro atoms. The Balaban J connectivity index is 0.000000347. The molecule has 0 aliphatic carbocycles. The van der Waals surface area contributed by atoms with Crippen LogP contribution in [0.25, 0.3) is 0 Å². The van der Waals surface area contributed by atoms with Gasteiger partial charge in [-0.1, -0.05) is 98.9 Å². The van der Waals surface area contributed by atoms with Crippen LogP contribution in [0.1, 0.15) is 156 Å². The molecule has 6 aliphatic heterocycles. The summed E-state index contributed by atoms with van der Waals surface area (Å²) in [5.74, 6) is -6.45. The minimum atomic E-state index is -1.78. The smallest absolute Gasteiger partial charge is 0.307 e. The number of esters is 2. The van der Waals surface area contributed by atoms with Gasteiger partial charge in [0.05, 0.1) is 79.8 Å². The van der Waals surface area contributed by atoms with E-state index in [1.54, 1.807) is 41.5 Å². The third kappa shape index (κ3) is 32.6. The van der Waals surface area contributed by atoms with Gasteiger partial charge in [-0.05, 0) is 91.2 Å². The molecule has 6 aliphatic rings. The maximum absolute atomic E-state index is 13.7. The molecule has 6 fully saturated rings. The molecular weight excluding hydrogens is 1750 g/mol. The standard InChI is InChI=1S/C45H64N6O12S3.C39H56N6O12S3/c1-27(66-41(64)28-12-8-7-9-13-28)34(38(55)49-18-11-19-50-42(47)48)45(6,26-46)17-15-29(52)14-10-21-57-22-23-65-31-24-32(53)51(39(31)56)20-16-33(54)58-25-30-35-36(61-43(2,3)60-35)37-40(59-30)63-44(4,5)62-37;1-23(60-37(58)24-8-4-3-5-9-24)30(34(52)43-14-7-15-44-38(41)42)39(2,22-40)13-11-25(46)10-6-17-55-18-19-59-27-20-28(47)45(35(27)53)16-12-29(48)56-21-26-31(49)32(50)33(51)36(54)57-26/h7-9,12-13,27,30-31,34-37,40H,10-11,14-25H2,1-6H3,(H,49,55)(H4,47,48,50);3-5,8-9,23,26-27,30-33,36,49-51,54H,6-7,10-21H2,1-2H3,(H,43,52)(H4,41,42,44). The van der Waals surface area contributed by atoms with Crippen molar-refractivity contribution in [3.63, 3.8) is 0 Å². The summed E-state index contributed by atoms with van der Waals surface area (Å²) < 4.78 is 58.2. The Morgan fingerprint density at radius 3 is 1.40 bits per heavy atom. The molecule has 0 radical (unpaired) electrons. The molecule has 6 saturated heterocycles. The van der Waals surface area contributed by atoms with Gasteiger partial charge in [-0.15, -0.1) is 47.0 Å². The summed E-state index contributed by atoms with van der Waals surface area (Å²) in [7, 11) is 0. The van der Waals surface area contributed by atoms with Gasteiger partial charge in [0.25, 0.3) is 0 Å². The van der Waals surface area contributed by atoms with Crippen LogP contribution in [0.5, 0.6) is 0 Å². The van der Waals surface area contributed by atoms with Gasteiger partial charge in [0, 0.05) is 113 Å². The second-order valence-corrected chi connectivity index (χ2v) is 39.1. The van der Waals surface area contributed by atoms with E-state index in [1.165, 1.54) is 47.0 Å². The largest absolute Gasteiger partial charge is 0.463 e. The Hall–Kier alpha value is -7.44. The van der Waals surface area contributed by atoms with Crippen LogP contribution in [-0.2, 0) is 95.3 Å². The minimum absolute atomic E-state index is 0.0147. The number of nitrogens with two attached hydrogens (primary N) is 4. The van der Waals surface area contributed by atoms with Crippen LogP contribution in [0.2, 0.25) is 0 Å². The SMILES string of the molecule is CC(SC(=S)c1ccccc1)C(C(=O)NCCCN=C(N)N)C(C)(C#N)CCC(=O)CCCOCCSC1CC(=O)N(CCC(=O)OCC2OC(O)C(O)C(O)C2O)C1=O.CC(SC(=S)c1ccccc1)C(C(=O)NCCCN=C(N)N)C(C)(C#N)CCC(=O)CCCOCCSC1CC(=O)N(CCC(=O)OCC2OC3OC(C)(C)OC3C3OC(C)(C)OC23)C1=O. The topological polar surface area (TPSA) is 551 Å². The van der Waals surface area contributed by atoms with E-state index < -0.39 is 142 Å². The van der Waals surface area contributed by atoms with Crippen LogP contribution in [0.15, 0.2) is 70.6 Å². The van der Waals surface area contributed by atoms with Gasteiger partial charge in [0.1, 0.15) is 73.6 Å². The van der Waals surface area contributed by atoms with Crippen LogP contribution in [0.3, 0.4) is 0 Å². The molecule has 18 atom stereocenters. The van der Waals surface area contributed by atoms with E-state index >= 15 is 0 Å². The number of aliphatic hydroxyl groups excluding tert-OH is 4. The number of carbonyl (C=O) groups is 10. The van der Waals surface area contributed by atoms with Crippen molar-refractivity contribution in [2.75, 3.05) is 90.4 Å². The summed E-state index contributed by atoms with van der Waals surface area (Å²) in [5, 5.41) is 63.6. The number of thiocarbonyl (C=S) groups is 2. The number of aliphatic imine (C=N–C) groups is 2. The quantitative estimate of drug-likeness (QED) is 0.0112. The summed E-state index contributed by atoms with van der Waals surface area (Å²) in [4.78, 5) is 140. The highest BCUT2D eigenvalue weighted by atomic mass is 32.2. The highest BCUT2D eigenvalue weighted by Crippen LogP contribution is 2.46. The Bertz CT molecular complexity index is 4180. The molecule has 126 heavy (non-hydrogen) atoms. The zero-order chi connectivity index (χ0) is 92.6. The summed E-state index contributed by atoms with van der Waals surface area (Å²) in [6, 6.07) is 23.5. The summed E-state index contributed by atoms with van der Waals surface area (Å²) in [6.45, 7) is 15.6. The van der Waals surface area contributed by atoms with Gasteiger partial charge in [-0.25, -0.2) is 0 Å². The number of nitrogens with zero attached hydrogens (tertiary/aromatic N) is 6. The molecule has 2 aromatic rings. The first-order chi connectivity index (χ1) is 59.7. The van der Waals surface area contributed by atoms with Crippen LogP contribution in [0, 0.1) is 45.3 Å². The van der Waals surface area contributed by atoms with Crippen molar-refractivity contribution in [2.24, 2.45) is 55.6 Å². The third-order valence-corrected chi connectivity index (χ3v) is 27.1. The molecule has 36 nitrogen and oxygen atoms in total. The van der Waals surface area contributed by atoms with Gasteiger partial charge >= 0.3 is 11.9 Å². The molecule has 42 heteroatoms. The van der Waals surface area contributed by atoms with Gasteiger partial charge < -0.3 is 101 Å². The van der Waals surface area contributed by atoms with E-state index in [-0.39, 0.29) is 156 Å². The number of carbonyl (C=O) groups excluding carboxylic acids is 10. The average Bonchev–Trinajstić information content (AvgIpc) is 1.59. The van der Waals surface area contributed by atoms with Crippen molar-refractivity contribution in [1.29, 1.82) is 10.5 Å². The molecule has 0 aromatic heterocycles. The van der Waals surface area contributed by atoms with E-state index in [0.29, 0.717) is 78.4 Å². The summed E-state index contributed by atoms with van der Waals surface area (Å²) in [5.41, 5.74) is 20.9. The van der Waals surface area contributed by atoms with Crippen molar-refractivity contribution in [3.05, 3.63) is 71.8 Å². The Kier molecular flexibility index (Phi) is 42.9. The normalized spacial score (nSPS) is 24.7. The Labute approximate surface area is 761 Å². The van der Waals surface area contributed by atoms with Crippen LogP contribution in [0.4, 0.5) is 0 Å². The molecule has 8 rings (SSSR count). The predicted octanol–water partition coefficient (Wildman–Crippen LogP) is 3.90. The number of ether oxygens (including phenoxy) is 10. The number of guanidine groups is 2. The number of hydrogen-bond acceptors (Lipinski definition) is 34. The van der Waals surface area contributed by atoms with Crippen LogP contribution >= 0.6 is 71.5 Å². The number of thioether (sulfide) groups is 4. The van der Waals surface area contributed by atoms with Crippen molar-refractivity contribution in [3.8, 4) is 12.1 Å². The zero-order valence-electron chi connectivity index (χ0n) is 72.2. The summed E-state index contributed by atoms with van der Waals surface area (Å²) >= 11 is 16.6. The number of imide groups is 2. The van der Waals surface area contributed by atoms with Crippen molar-refractivity contribution >= 4 is 151 Å². The summed E-state index contributed by atoms with van der Waals surface area (Å²) in [6.07, 6.45) is -8.89.